The van der Waals surface area contributed by atoms with Crippen LogP contribution in [0.2, 0.25) is 0 Å². The van der Waals surface area contributed by atoms with Gasteiger partial charge in [-0.25, -0.2) is 0 Å². The van der Waals surface area contributed by atoms with E-state index in [1.807, 2.05) is 11.8 Å². The van der Waals surface area contributed by atoms with Crippen LogP contribution in [-0.4, -0.2) is 6.26 Å². The minimum absolute atomic E-state index is 1.45. The van der Waals surface area contributed by atoms with E-state index in [-0.39, 0.29) is 0 Å². The molecule has 0 heterocycles. The minimum atomic E-state index is 1.45. The maximum atomic E-state index is 2.28. The number of fused-ring (bicyclic) bond motifs is 1. The van der Waals surface area contributed by atoms with E-state index in [0.717, 1.165) is 0 Å². The predicted octanol–water partition coefficient (Wildman–Crippen LogP) is 5.72. The topological polar surface area (TPSA) is 0 Å². The van der Waals surface area contributed by atoms with Crippen LogP contribution in [0.4, 0.5) is 0 Å². The summed E-state index contributed by atoms with van der Waals surface area (Å²) >= 11 is 1.88. The molecule has 0 atom stereocenters. The van der Waals surface area contributed by atoms with Crippen LogP contribution in [0.15, 0.2) is 4.90 Å². The minimum Gasteiger partial charge on any atom is -0.129 e. The number of rotatable bonds is 1. The van der Waals surface area contributed by atoms with Crippen molar-refractivity contribution in [2.24, 2.45) is 0 Å². The Bertz CT molecular complexity index is 679. The molecule has 2 aromatic carbocycles. The molecule has 0 saturated heterocycles. The van der Waals surface area contributed by atoms with Crippen molar-refractivity contribution in [2.75, 3.05) is 6.26 Å². The van der Waals surface area contributed by atoms with Crippen molar-refractivity contribution in [3.63, 3.8) is 0 Å². The summed E-state index contributed by atoms with van der Waals surface area (Å²) in [5.41, 5.74) is 10.2. The van der Waals surface area contributed by atoms with Gasteiger partial charge in [0.25, 0.3) is 0 Å². The van der Waals surface area contributed by atoms with Gasteiger partial charge in [-0.15, -0.1) is 11.8 Å². The molecular weight excluding hydrogens is 248 g/mol. The van der Waals surface area contributed by atoms with E-state index in [9.17, 15) is 0 Å². The lowest BCUT2D eigenvalue weighted by molar-refractivity contribution is 1.17. The Labute approximate surface area is 121 Å². The second kappa shape index (κ2) is 4.86. The molecule has 0 aliphatic rings. The van der Waals surface area contributed by atoms with Crippen LogP contribution >= 0.6 is 11.8 Å². The zero-order valence-corrected chi connectivity index (χ0v) is 14.2. The third kappa shape index (κ3) is 1.90. The van der Waals surface area contributed by atoms with Gasteiger partial charge in [0.05, 0.1) is 0 Å². The fourth-order valence-electron chi connectivity index (χ4n) is 3.31. The zero-order valence-electron chi connectivity index (χ0n) is 13.4. The van der Waals surface area contributed by atoms with E-state index in [4.69, 9.17) is 0 Å². The first kappa shape index (κ1) is 14.5. The maximum absolute atomic E-state index is 2.28. The molecule has 1 heteroatoms. The highest BCUT2D eigenvalue weighted by Gasteiger charge is 2.17. The van der Waals surface area contributed by atoms with Crippen LogP contribution in [0.25, 0.3) is 10.8 Å². The van der Waals surface area contributed by atoms with Crippen molar-refractivity contribution in [2.45, 2.75) is 53.4 Å². The standard InChI is InChI=1S/C18H24S/c1-9-10(2)12(4)17-15(7)18(19-8)14(6)13(5)16(17)11(9)3/h1-8H3. The smallest absolute Gasteiger partial charge is 0.0137 e. The lowest BCUT2D eigenvalue weighted by atomic mass is 9.86. The van der Waals surface area contributed by atoms with Crippen LogP contribution in [0, 0.1) is 48.5 Å². The highest BCUT2D eigenvalue weighted by molar-refractivity contribution is 7.98. The Morgan fingerprint density at radius 3 is 1.26 bits per heavy atom. The molecule has 0 radical (unpaired) electrons. The van der Waals surface area contributed by atoms with E-state index in [1.165, 1.54) is 54.6 Å². The van der Waals surface area contributed by atoms with E-state index in [1.54, 1.807) is 0 Å². The molecule has 2 aromatic rings. The SMILES string of the molecule is CSc1c(C)c(C)c2c(C)c(C)c(C)c(C)c2c1C. The van der Waals surface area contributed by atoms with Crippen LogP contribution in [0.5, 0.6) is 0 Å². The number of hydrogen-bond donors (Lipinski definition) is 0. The van der Waals surface area contributed by atoms with Gasteiger partial charge in [0.15, 0.2) is 0 Å². The van der Waals surface area contributed by atoms with E-state index < -0.39 is 0 Å². The van der Waals surface area contributed by atoms with Gasteiger partial charge in [-0.2, -0.15) is 0 Å². The first-order valence-electron chi connectivity index (χ1n) is 6.86. The summed E-state index contributed by atoms with van der Waals surface area (Å²) in [6.45, 7) is 15.9. The molecule has 0 fully saturated rings. The van der Waals surface area contributed by atoms with Gasteiger partial charge in [-0.05, 0) is 104 Å². The Hall–Kier alpha value is -0.950. The second-order valence-corrected chi connectivity index (χ2v) is 6.47. The van der Waals surface area contributed by atoms with Gasteiger partial charge in [-0.1, -0.05) is 0 Å². The van der Waals surface area contributed by atoms with E-state index >= 15 is 0 Å². The number of aryl methyl sites for hydroxylation is 4. The lowest BCUT2D eigenvalue weighted by Crippen LogP contribution is -2.01. The van der Waals surface area contributed by atoms with Gasteiger partial charge in [0, 0.05) is 4.90 Å². The molecule has 0 aromatic heterocycles. The van der Waals surface area contributed by atoms with Crippen molar-refractivity contribution < 1.29 is 0 Å². The molecule has 0 N–H and O–H groups in total. The highest BCUT2D eigenvalue weighted by atomic mass is 32.2. The average molecular weight is 272 g/mol. The van der Waals surface area contributed by atoms with Crippen molar-refractivity contribution in [1.82, 2.24) is 0 Å². The third-order valence-corrected chi connectivity index (χ3v) is 5.91. The molecule has 0 nitrogen and oxygen atoms in total. The molecule has 19 heavy (non-hydrogen) atoms. The quantitative estimate of drug-likeness (QED) is 0.598. The first-order valence-corrected chi connectivity index (χ1v) is 8.09. The highest BCUT2D eigenvalue weighted by Crippen LogP contribution is 2.39. The van der Waals surface area contributed by atoms with Gasteiger partial charge >= 0.3 is 0 Å². The Kier molecular flexibility index (Phi) is 3.70. The fourth-order valence-corrected chi connectivity index (χ4v) is 4.18. The third-order valence-electron chi connectivity index (χ3n) is 4.89. The summed E-state index contributed by atoms with van der Waals surface area (Å²) in [7, 11) is 0. The summed E-state index contributed by atoms with van der Waals surface area (Å²) in [6, 6.07) is 0. The second-order valence-electron chi connectivity index (χ2n) is 5.66. The monoisotopic (exact) mass is 272 g/mol. The van der Waals surface area contributed by atoms with Crippen LogP contribution in [0.3, 0.4) is 0 Å². The summed E-state index contributed by atoms with van der Waals surface area (Å²) in [5, 5.41) is 2.96. The maximum Gasteiger partial charge on any atom is 0.0137 e. The van der Waals surface area contributed by atoms with Crippen LogP contribution in [0.1, 0.15) is 38.9 Å². The number of hydrogen-bond acceptors (Lipinski definition) is 1. The van der Waals surface area contributed by atoms with Gasteiger partial charge < -0.3 is 0 Å². The fraction of sp³-hybridized carbons (Fsp3) is 0.444. The summed E-state index contributed by atoms with van der Waals surface area (Å²) in [6.07, 6.45) is 2.18. The molecule has 102 valence electrons. The van der Waals surface area contributed by atoms with Gasteiger partial charge in [-0.3, -0.25) is 0 Å². The summed E-state index contributed by atoms with van der Waals surface area (Å²) in [4.78, 5) is 1.45. The molecule has 0 bridgehead atoms. The molecule has 0 aliphatic carbocycles. The van der Waals surface area contributed by atoms with Gasteiger partial charge in [0.2, 0.25) is 0 Å². The van der Waals surface area contributed by atoms with Crippen molar-refractivity contribution >= 4 is 22.5 Å². The Balaban J connectivity index is 3.18. The first-order chi connectivity index (χ1) is 8.82. The molecule has 0 amide bonds. The molecular formula is C18H24S. The normalized spacial score (nSPS) is 11.4. The van der Waals surface area contributed by atoms with E-state index in [2.05, 4.69) is 54.7 Å². The van der Waals surface area contributed by atoms with E-state index in [0.29, 0.717) is 0 Å². The molecule has 0 unspecified atom stereocenters. The molecule has 0 aliphatic heterocycles. The predicted molar refractivity (Wildman–Crippen MR) is 88.9 cm³/mol. The average Bonchev–Trinajstić information content (AvgIpc) is 2.38. The summed E-state index contributed by atoms with van der Waals surface area (Å²) < 4.78 is 0. The molecule has 2 rings (SSSR count). The molecule has 0 spiro atoms. The molecule has 0 saturated carbocycles. The number of benzene rings is 2. The Morgan fingerprint density at radius 2 is 0.842 bits per heavy atom. The lowest BCUT2D eigenvalue weighted by Gasteiger charge is -2.22. The summed E-state index contributed by atoms with van der Waals surface area (Å²) in [5.74, 6) is 0. The van der Waals surface area contributed by atoms with Crippen molar-refractivity contribution in [3.8, 4) is 0 Å². The van der Waals surface area contributed by atoms with Crippen molar-refractivity contribution in [3.05, 3.63) is 38.9 Å². The van der Waals surface area contributed by atoms with Crippen LogP contribution < -0.4 is 0 Å². The zero-order chi connectivity index (χ0) is 14.5. The van der Waals surface area contributed by atoms with Crippen molar-refractivity contribution in [1.29, 1.82) is 0 Å². The van der Waals surface area contributed by atoms with Crippen LogP contribution in [-0.2, 0) is 0 Å². The largest absolute Gasteiger partial charge is 0.129 e. The Morgan fingerprint density at radius 1 is 0.474 bits per heavy atom. The number of thioether (sulfide) groups is 1. The van der Waals surface area contributed by atoms with Gasteiger partial charge in [0.1, 0.15) is 0 Å².